The van der Waals surface area contributed by atoms with Gasteiger partial charge in [-0.15, -0.1) is 0 Å². The lowest BCUT2D eigenvalue weighted by molar-refractivity contribution is -0.384. The molecule has 180 valence electrons. The number of nitriles is 1. The fourth-order valence-electron chi connectivity index (χ4n) is 3.83. The Labute approximate surface area is 201 Å². The molecule has 11 nitrogen and oxygen atoms in total. The van der Waals surface area contributed by atoms with Crippen molar-refractivity contribution in [2.75, 3.05) is 7.11 Å². The highest BCUT2D eigenvalue weighted by Gasteiger charge is 2.15. The third kappa shape index (κ3) is 5.34. The molecule has 2 aromatic heterocycles. The summed E-state index contributed by atoms with van der Waals surface area (Å²) in [6, 6.07) is 11.6. The number of hydrazone groups is 1. The van der Waals surface area contributed by atoms with Gasteiger partial charge in [0.15, 0.2) is 0 Å². The maximum Gasteiger partial charge on any atom is 0.271 e. The highest BCUT2D eigenvalue weighted by molar-refractivity contribution is 5.84. The van der Waals surface area contributed by atoms with Crippen molar-refractivity contribution in [3.8, 4) is 11.8 Å². The van der Waals surface area contributed by atoms with E-state index in [1.807, 2.05) is 30.6 Å². The smallest absolute Gasteiger partial charge is 0.271 e. The van der Waals surface area contributed by atoms with Crippen molar-refractivity contribution in [2.24, 2.45) is 5.10 Å². The number of hydrogen-bond donors (Lipinski definition) is 1. The predicted octanol–water partition coefficient (Wildman–Crippen LogP) is 2.64. The van der Waals surface area contributed by atoms with Crippen molar-refractivity contribution in [3.63, 3.8) is 0 Å². The van der Waals surface area contributed by atoms with Gasteiger partial charge in [-0.1, -0.05) is 6.07 Å². The number of aryl methyl sites for hydroxylation is 2. The number of aromatic nitrogens is 2. The second-order valence-electron chi connectivity index (χ2n) is 7.85. The van der Waals surface area contributed by atoms with E-state index in [1.165, 1.54) is 30.0 Å². The Bertz CT molecular complexity index is 1430. The van der Waals surface area contributed by atoms with Crippen molar-refractivity contribution in [3.05, 3.63) is 90.6 Å². The molecule has 0 saturated carbocycles. The van der Waals surface area contributed by atoms with E-state index in [0.29, 0.717) is 22.5 Å². The van der Waals surface area contributed by atoms with Gasteiger partial charge in [0.1, 0.15) is 18.2 Å². The van der Waals surface area contributed by atoms with Crippen LogP contribution in [-0.2, 0) is 22.7 Å². The summed E-state index contributed by atoms with van der Waals surface area (Å²) in [5.41, 5.74) is 5.67. The number of pyridine rings is 1. The van der Waals surface area contributed by atoms with Crippen LogP contribution in [0.25, 0.3) is 5.69 Å². The molecule has 0 atom stereocenters. The molecule has 0 radical (unpaired) electrons. The van der Waals surface area contributed by atoms with Gasteiger partial charge >= 0.3 is 0 Å². The fourth-order valence-corrected chi connectivity index (χ4v) is 3.83. The average molecular weight is 476 g/mol. The van der Waals surface area contributed by atoms with Crippen LogP contribution in [0.4, 0.5) is 5.69 Å². The minimum absolute atomic E-state index is 0.0159. The number of carbonyl (C=O) groups is 1. The Morgan fingerprint density at radius 2 is 2.00 bits per heavy atom. The van der Waals surface area contributed by atoms with Gasteiger partial charge in [-0.05, 0) is 39.0 Å². The zero-order valence-corrected chi connectivity index (χ0v) is 19.7. The molecule has 0 fully saturated rings. The summed E-state index contributed by atoms with van der Waals surface area (Å²) in [5, 5.41) is 24.4. The van der Waals surface area contributed by atoms with E-state index in [9.17, 15) is 25.0 Å². The van der Waals surface area contributed by atoms with Crippen LogP contribution in [0.15, 0.2) is 46.3 Å². The summed E-state index contributed by atoms with van der Waals surface area (Å²) >= 11 is 0. The predicted molar refractivity (Wildman–Crippen MR) is 129 cm³/mol. The molecule has 0 unspecified atom stereocenters. The van der Waals surface area contributed by atoms with E-state index in [4.69, 9.17) is 4.74 Å². The molecule has 0 aliphatic rings. The van der Waals surface area contributed by atoms with Crippen LogP contribution < -0.4 is 11.0 Å². The van der Waals surface area contributed by atoms with Crippen LogP contribution in [0.3, 0.4) is 0 Å². The first-order valence-corrected chi connectivity index (χ1v) is 10.6. The van der Waals surface area contributed by atoms with Crippen LogP contribution in [0.5, 0.6) is 0 Å². The largest absolute Gasteiger partial charge is 0.380 e. The van der Waals surface area contributed by atoms with Gasteiger partial charge in [-0.2, -0.15) is 10.4 Å². The van der Waals surface area contributed by atoms with Crippen molar-refractivity contribution < 1.29 is 14.5 Å². The molecule has 11 heteroatoms. The highest BCUT2D eigenvalue weighted by atomic mass is 16.6. The average Bonchev–Trinajstić information content (AvgIpc) is 3.10. The lowest BCUT2D eigenvalue weighted by Crippen LogP contribution is -2.33. The van der Waals surface area contributed by atoms with Crippen LogP contribution >= 0.6 is 0 Å². The summed E-state index contributed by atoms with van der Waals surface area (Å²) in [5.74, 6) is -0.540. The number of nitro groups is 1. The Balaban J connectivity index is 1.78. The van der Waals surface area contributed by atoms with E-state index in [2.05, 4.69) is 10.5 Å². The summed E-state index contributed by atoms with van der Waals surface area (Å²) in [6.45, 7) is 5.17. The molecule has 0 aliphatic carbocycles. The number of benzene rings is 1. The highest BCUT2D eigenvalue weighted by Crippen LogP contribution is 2.23. The summed E-state index contributed by atoms with van der Waals surface area (Å²) in [4.78, 5) is 35.8. The van der Waals surface area contributed by atoms with Crippen LogP contribution in [0, 0.1) is 42.2 Å². The molecule has 0 spiro atoms. The number of non-ortho nitro benzene ring substituents is 1. The SMILES string of the molecule is COCc1cc(C)n(CC(=O)N/N=C/c2cc(C)n(-c3cccc([N+](=O)[O-])c3)c2C)c(=O)c1C#N. The van der Waals surface area contributed by atoms with Gasteiger partial charge in [-0.25, -0.2) is 5.43 Å². The monoisotopic (exact) mass is 476 g/mol. The molecular formula is C24H24N6O5. The number of carbonyl (C=O) groups excluding carboxylic acids is 1. The number of nitrogens with zero attached hydrogens (tertiary/aromatic N) is 5. The third-order valence-electron chi connectivity index (χ3n) is 5.46. The van der Waals surface area contributed by atoms with Gasteiger partial charge in [0, 0.05) is 47.5 Å². The van der Waals surface area contributed by atoms with E-state index in [1.54, 1.807) is 25.1 Å². The van der Waals surface area contributed by atoms with E-state index >= 15 is 0 Å². The summed E-state index contributed by atoms with van der Waals surface area (Å²) < 4.78 is 8.09. The summed E-state index contributed by atoms with van der Waals surface area (Å²) in [7, 11) is 1.47. The van der Waals surface area contributed by atoms with Crippen LogP contribution in [-0.4, -0.2) is 33.3 Å². The second-order valence-corrected chi connectivity index (χ2v) is 7.85. The Morgan fingerprint density at radius 1 is 1.26 bits per heavy atom. The molecule has 0 aliphatic heterocycles. The first kappa shape index (κ1) is 25.1. The molecule has 3 rings (SSSR count). The van der Waals surface area contributed by atoms with Crippen molar-refractivity contribution in [1.82, 2.24) is 14.6 Å². The molecule has 0 bridgehead atoms. The topological polar surface area (TPSA) is 145 Å². The van der Waals surface area contributed by atoms with E-state index in [0.717, 1.165) is 11.4 Å². The van der Waals surface area contributed by atoms with Crippen LogP contribution in [0.1, 0.15) is 33.8 Å². The van der Waals surface area contributed by atoms with Gasteiger partial charge in [0.05, 0.1) is 23.4 Å². The lowest BCUT2D eigenvalue weighted by atomic mass is 10.1. The quantitative estimate of drug-likeness (QED) is 0.301. The van der Waals surface area contributed by atoms with E-state index < -0.39 is 16.4 Å². The molecular weight excluding hydrogens is 452 g/mol. The molecule has 35 heavy (non-hydrogen) atoms. The minimum atomic E-state index is -0.570. The van der Waals surface area contributed by atoms with Crippen molar-refractivity contribution in [2.45, 2.75) is 33.9 Å². The lowest BCUT2D eigenvalue weighted by Gasteiger charge is -2.12. The minimum Gasteiger partial charge on any atom is -0.380 e. The number of ether oxygens (including phenoxy) is 1. The molecule has 1 amide bonds. The molecule has 1 aromatic carbocycles. The van der Waals surface area contributed by atoms with Crippen molar-refractivity contribution >= 4 is 17.8 Å². The van der Waals surface area contributed by atoms with Gasteiger partial charge in [-0.3, -0.25) is 19.7 Å². The maximum atomic E-state index is 12.7. The number of amides is 1. The summed E-state index contributed by atoms with van der Waals surface area (Å²) in [6.07, 6.45) is 1.46. The van der Waals surface area contributed by atoms with Crippen LogP contribution in [0.2, 0.25) is 0 Å². The van der Waals surface area contributed by atoms with Gasteiger partial charge in [0.25, 0.3) is 17.2 Å². The standard InChI is InChI=1S/C24H24N6O5/c1-15-8-19(14-35-4)22(11-25)24(32)28(15)13-23(31)27-26-12-18-9-16(2)29(17(18)3)20-6-5-7-21(10-20)30(33)34/h5-10,12H,13-14H2,1-4H3,(H,27,31)/b26-12+. The number of methoxy groups -OCH3 is 1. The number of hydrogen-bond acceptors (Lipinski definition) is 7. The van der Waals surface area contributed by atoms with Gasteiger partial charge < -0.3 is 13.9 Å². The van der Waals surface area contributed by atoms with Crippen molar-refractivity contribution in [1.29, 1.82) is 5.26 Å². The zero-order chi connectivity index (χ0) is 25.7. The number of rotatable bonds is 8. The fraction of sp³-hybridized carbons (Fsp3) is 0.250. The zero-order valence-electron chi connectivity index (χ0n) is 19.7. The Morgan fingerprint density at radius 3 is 2.66 bits per heavy atom. The molecule has 0 saturated heterocycles. The number of nitrogens with one attached hydrogen (secondary N) is 1. The maximum absolute atomic E-state index is 12.7. The first-order chi connectivity index (χ1) is 16.7. The van der Waals surface area contributed by atoms with Gasteiger partial charge in [0.2, 0.25) is 0 Å². The normalized spacial score (nSPS) is 10.9. The number of nitro benzene ring substituents is 1. The second kappa shape index (κ2) is 10.6. The third-order valence-corrected chi connectivity index (χ3v) is 5.46. The Hall–Kier alpha value is -4.56. The Kier molecular flexibility index (Phi) is 7.58. The van der Waals surface area contributed by atoms with E-state index in [-0.39, 0.29) is 24.4 Å². The molecule has 1 N–H and O–H groups in total. The molecule has 2 heterocycles. The molecule has 3 aromatic rings. The first-order valence-electron chi connectivity index (χ1n) is 10.6.